The minimum atomic E-state index is 0.0789. The third-order valence-corrected chi connectivity index (χ3v) is 5.47. The fraction of sp³-hybridized carbons (Fsp3) is 0.929. The second-order valence-corrected chi connectivity index (χ2v) is 7.01. The molecule has 2 fully saturated rings. The average Bonchev–Trinajstić information content (AvgIpc) is 3.04. The molecule has 2 rings (SSSR count). The molecule has 3 nitrogen and oxygen atoms in total. The molecule has 0 heterocycles. The molecule has 1 amide bonds. The molecular formula is C14H26N2O. The van der Waals surface area contributed by atoms with Gasteiger partial charge in [-0.15, -0.1) is 0 Å². The molecular weight excluding hydrogens is 212 g/mol. The SMILES string of the molecule is CC1(C)C(CNC(=O)CC(N)C2CC2)C1(C)C. The van der Waals surface area contributed by atoms with Gasteiger partial charge in [-0.05, 0) is 35.5 Å². The van der Waals surface area contributed by atoms with E-state index >= 15 is 0 Å². The monoisotopic (exact) mass is 238 g/mol. The van der Waals surface area contributed by atoms with Gasteiger partial charge < -0.3 is 11.1 Å². The van der Waals surface area contributed by atoms with Crippen molar-refractivity contribution >= 4 is 5.91 Å². The van der Waals surface area contributed by atoms with Crippen molar-refractivity contribution in [1.29, 1.82) is 0 Å². The summed E-state index contributed by atoms with van der Waals surface area (Å²) >= 11 is 0. The number of hydrogen-bond acceptors (Lipinski definition) is 2. The van der Waals surface area contributed by atoms with Crippen LogP contribution in [0.15, 0.2) is 0 Å². The second kappa shape index (κ2) is 3.98. The number of amides is 1. The van der Waals surface area contributed by atoms with E-state index in [0.717, 1.165) is 6.54 Å². The van der Waals surface area contributed by atoms with E-state index in [0.29, 0.717) is 29.1 Å². The van der Waals surface area contributed by atoms with Crippen LogP contribution in [0.1, 0.15) is 47.0 Å². The lowest BCUT2D eigenvalue weighted by Crippen LogP contribution is -2.34. The molecule has 3 heteroatoms. The van der Waals surface area contributed by atoms with Crippen molar-refractivity contribution in [2.24, 2.45) is 28.4 Å². The zero-order valence-electron chi connectivity index (χ0n) is 11.5. The van der Waals surface area contributed by atoms with Gasteiger partial charge in [0.15, 0.2) is 0 Å². The number of nitrogens with two attached hydrogens (primary N) is 1. The van der Waals surface area contributed by atoms with Crippen LogP contribution < -0.4 is 11.1 Å². The van der Waals surface area contributed by atoms with Crippen LogP contribution in [0.4, 0.5) is 0 Å². The molecule has 0 aliphatic heterocycles. The zero-order valence-corrected chi connectivity index (χ0v) is 11.5. The van der Waals surface area contributed by atoms with Crippen LogP contribution in [-0.2, 0) is 4.79 Å². The Hall–Kier alpha value is -0.570. The number of rotatable bonds is 5. The van der Waals surface area contributed by atoms with Crippen LogP contribution in [0.3, 0.4) is 0 Å². The highest BCUT2D eigenvalue weighted by atomic mass is 16.1. The molecule has 0 radical (unpaired) electrons. The minimum absolute atomic E-state index is 0.0789. The third-order valence-electron chi connectivity index (χ3n) is 5.47. The van der Waals surface area contributed by atoms with Crippen LogP contribution in [0.5, 0.6) is 0 Å². The third kappa shape index (κ3) is 2.35. The summed E-state index contributed by atoms with van der Waals surface area (Å²) in [5.41, 5.74) is 6.64. The van der Waals surface area contributed by atoms with Gasteiger partial charge in [0.05, 0.1) is 0 Å². The molecule has 0 bridgehead atoms. The van der Waals surface area contributed by atoms with E-state index in [1.165, 1.54) is 12.8 Å². The summed E-state index contributed by atoms with van der Waals surface area (Å²) in [6.07, 6.45) is 2.91. The van der Waals surface area contributed by atoms with E-state index < -0.39 is 0 Å². The Balaban J connectivity index is 1.70. The largest absolute Gasteiger partial charge is 0.356 e. The summed E-state index contributed by atoms with van der Waals surface area (Å²) < 4.78 is 0. The van der Waals surface area contributed by atoms with E-state index in [1.807, 2.05) is 0 Å². The van der Waals surface area contributed by atoms with Crippen LogP contribution in [-0.4, -0.2) is 18.5 Å². The predicted octanol–water partition coefficient (Wildman–Crippen LogP) is 1.91. The van der Waals surface area contributed by atoms with Gasteiger partial charge in [-0.1, -0.05) is 27.7 Å². The van der Waals surface area contributed by atoms with Crippen LogP contribution in [0, 0.1) is 22.7 Å². The zero-order chi connectivity index (χ0) is 12.8. The molecule has 3 N–H and O–H groups in total. The number of nitrogens with one attached hydrogen (secondary N) is 1. The lowest BCUT2D eigenvalue weighted by molar-refractivity contribution is -0.121. The fourth-order valence-electron chi connectivity index (χ4n) is 3.04. The lowest BCUT2D eigenvalue weighted by atomic mass is 10.0. The standard InChI is InChI=1S/C14H26N2O/c1-13(2)11(14(13,3)4)8-16-12(17)7-10(15)9-5-6-9/h9-11H,5-8,15H2,1-4H3,(H,16,17). The Kier molecular flexibility index (Phi) is 3.01. The van der Waals surface area contributed by atoms with Gasteiger partial charge in [-0.25, -0.2) is 0 Å². The number of carbonyl (C=O) groups excluding carboxylic acids is 1. The second-order valence-electron chi connectivity index (χ2n) is 7.01. The van der Waals surface area contributed by atoms with E-state index in [-0.39, 0.29) is 11.9 Å². The van der Waals surface area contributed by atoms with Crippen LogP contribution >= 0.6 is 0 Å². The Bertz CT molecular complexity index is 304. The maximum absolute atomic E-state index is 11.7. The molecule has 2 saturated carbocycles. The Morgan fingerprint density at radius 2 is 1.82 bits per heavy atom. The van der Waals surface area contributed by atoms with E-state index in [4.69, 9.17) is 5.73 Å². The molecule has 2 aliphatic rings. The average molecular weight is 238 g/mol. The molecule has 0 saturated heterocycles. The Morgan fingerprint density at radius 3 is 2.24 bits per heavy atom. The van der Waals surface area contributed by atoms with Gasteiger partial charge >= 0.3 is 0 Å². The van der Waals surface area contributed by atoms with Crippen molar-refractivity contribution < 1.29 is 4.79 Å². The number of hydrogen-bond donors (Lipinski definition) is 2. The smallest absolute Gasteiger partial charge is 0.221 e. The lowest BCUT2D eigenvalue weighted by Gasteiger charge is -2.11. The molecule has 0 aromatic rings. The fourth-order valence-corrected chi connectivity index (χ4v) is 3.04. The molecule has 0 aromatic carbocycles. The molecule has 98 valence electrons. The van der Waals surface area contributed by atoms with E-state index in [2.05, 4.69) is 33.0 Å². The molecule has 17 heavy (non-hydrogen) atoms. The highest BCUT2D eigenvalue weighted by Crippen LogP contribution is 2.67. The van der Waals surface area contributed by atoms with Crippen LogP contribution in [0.25, 0.3) is 0 Å². The first kappa shape index (κ1) is 12.9. The quantitative estimate of drug-likeness (QED) is 0.768. The molecule has 0 spiro atoms. The summed E-state index contributed by atoms with van der Waals surface area (Å²) in [5.74, 6) is 1.33. The minimum Gasteiger partial charge on any atom is -0.356 e. The van der Waals surface area contributed by atoms with Gasteiger partial charge in [0.1, 0.15) is 0 Å². The van der Waals surface area contributed by atoms with Crippen molar-refractivity contribution in [3.8, 4) is 0 Å². The topological polar surface area (TPSA) is 55.1 Å². The van der Waals surface area contributed by atoms with Crippen molar-refractivity contribution in [1.82, 2.24) is 5.32 Å². The van der Waals surface area contributed by atoms with Gasteiger partial charge in [0, 0.05) is 19.0 Å². The van der Waals surface area contributed by atoms with Gasteiger partial charge in [-0.2, -0.15) is 0 Å². The van der Waals surface area contributed by atoms with Crippen molar-refractivity contribution in [2.45, 2.75) is 53.0 Å². The van der Waals surface area contributed by atoms with E-state index in [1.54, 1.807) is 0 Å². The highest BCUT2D eigenvalue weighted by Gasteiger charge is 2.64. The predicted molar refractivity (Wildman–Crippen MR) is 69.4 cm³/mol. The maximum atomic E-state index is 11.7. The summed E-state index contributed by atoms with van der Waals surface area (Å²) in [6.45, 7) is 9.91. The summed E-state index contributed by atoms with van der Waals surface area (Å²) in [6, 6.07) is 0.0789. The molecule has 0 aromatic heterocycles. The first-order valence-corrected chi connectivity index (χ1v) is 6.79. The van der Waals surface area contributed by atoms with Gasteiger partial charge in [-0.3, -0.25) is 4.79 Å². The highest BCUT2D eigenvalue weighted by molar-refractivity contribution is 5.76. The maximum Gasteiger partial charge on any atom is 0.221 e. The van der Waals surface area contributed by atoms with Crippen LogP contribution in [0.2, 0.25) is 0 Å². The Labute approximate surface area is 105 Å². The van der Waals surface area contributed by atoms with Crippen molar-refractivity contribution in [2.75, 3.05) is 6.54 Å². The molecule has 1 unspecified atom stereocenters. The summed E-state index contributed by atoms with van der Waals surface area (Å²) in [5, 5.41) is 3.05. The van der Waals surface area contributed by atoms with Gasteiger partial charge in [0.25, 0.3) is 0 Å². The summed E-state index contributed by atoms with van der Waals surface area (Å²) in [7, 11) is 0. The summed E-state index contributed by atoms with van der Waals surface area (Å²) in [4.78, 5) is 11.7. The van der Waals surface area contributed by atoms with Gasteiger partial charge in [0.2, 0.25) is 5.91 Å². The number of carbonyl (C=O) groups is 1. The Morgan fingerprint density at radius 1 is 1.29 bits per heavy atom. The normalized spacial score (nSPS) is 27.6. The molecule has 1 atom stereocenters. The van der Waals surface area contributed by atoms with E-state index in [9.17, 15) is 4.79 Å². The van der Waals surface area contributed by atoms with Crippen molar-refractivity contribution in [3.05, 3.63) is 0 Å². The first-order valence-electron chi connectivity index (χ1n) is 6.79. The first-order chi connectivity index (χ1) is 7.76. The van der Waals surface area contributed by atoms with Crippen molar-refractivity contribution in [3.63, 3.8) is 0 Å². The molecule has 2 aliphatic carbocycles.